The molecule has 0 fully saturated rings. The number of aromatic nitrogens is 3. The van der Waals surface area contributed by atoms with Crippen molar-refractivity contribution in [2.24, 2.45) is 0 Å². The van der Waals surface area contributed by atoms with Crippen LogP contribution >= 0.6 is 0 Å². The van der Waals surface area contributed by atoms with Crippen molar-refractivity contribution in [3.8, 4) is 16.9 Å². The maximum absolute atomic E-state index is 12.1. The number of carbonyl (C=O) groups is 1. The fourth-order valence-corrected chi connectivity index (χ4v) is 2.26. The largest absolute Gasteiger partial charge is 0.461 e. The van der Waals surface area contributed by atoms with E-state index in [-0.39, 0.29) is 0 Å². The lowest BCUT2D eigenvalue weighted by molar-refractivity contribution is 0.0520. The van der Waals surface area contributed by atoms with Crippen LogP contribution in [0.4, 0.5) is 0 Å². The molecule has 0 aliphatic rings. The number of hydrogen-bond acceptors (Lipinski definition) is 4. The van der Waals surface area contributed by atoms with E-state index in [0.717, 1.165) is 11.4 Å². The number of carbonyl (C=O) groups excluding carboxylic acids is 1. The number of nitrogens with zero attached hydrogens (tertiary/aromatic N) is 3. The number of benzene rings is 1. The van der Waals surface area contributed by atoms with Gasteiger partial charge in [-0.25, -0.2) is 14.5 Å². The fourth-order valence-electron chi connectivity index (χ4n) is 2.26. The second kappa shape index (κ2) is 6.22. The number of pyridine rings is 1. The zero-order valence-corrected chi connectivity index (χ0v) is 12.1. The smallest absolute Gasteiger partial charge is 0.357 e. The van der Waals surface area contributed by atoms with Gasteiger partial charge in [0.1, 0.15) is 0 Å². The molecule has 1 aromatic carbocycles. The van der Waals surface area contributed by atoms with E-state index in [4.69, 9.17) is 4.74 Å². The van der Waals surface area contributed by atoms with Crippen LogP contribution in [0.2, 0.25) is 0 Å². The summed E-state index contributed by atoms with van der Waals surface area (Å²) in [7, 11) is 0. The highest BCUT2D eigenvalue weighted by Crippen LogP contribution is 2.25. The first-order chi connectivity index (χ1) is 10.8. The average Bonchev–Trinajstić information content (AvgIpc) is 3.05. The van der Waals surface area contributed by atoms with E-state index in [1.807, 2.05) is 42.5 Å². The average molecular weight is 293 g/mol. The van der Waals surface area contributed by atoms with Crippen molar-refractivity contribution in [3.05, 3.63) is 66.6 Å². The van der Waals surface area contributed by atoms with Gasteiger partial charge in [0.05, 0.1) is 24.2 Å². The molecule has 0 atom stereocenters. The number of rotatable bonds is 4. The predicted octanol–water partition coefficient (Wildman–Crippen LogP) is 3.11. The Balaban J connectivity index is 2.11. The first-order valence-corrected chi connectivity index (χ1v) is 7.03. The summed E-state index contributed by atoms with van der Waals surface area (Å²) in [5, 5.41) is 4.35. The molecule has 3 aromatic rings. The standard InChI is InChI=1S/C17H15N3O2/c1-2-22-17(21)16-14(9-6-11-18-16)15-10-12-19-20(15)13-7-4-3-5-8-13/h3-12H,2H2,1H3. The molecule has 0 bridgehead atoms. The van der Waals surface area contributed by atoms with Gasteiger partial charge < -0.3 is 4.74 Å². The van der Waals surface area contributed by atoms with E-state index in [2.05, 4.69) is 10.1 Å². The van der Waals surface area contributed by atoms with Gasteiger partial charge in [0.2, 0.25) is 0 Å². The minimum absolute atomic E-state index is 0.294. The first kappa shape index (κ1) is 14.0. The molecular formula is C17H15N3O2. The van der Waals surface area contributed by atoms with Gasteiger partial charge in [-0.1, -0.05) is 18.2 Å². The second-order valence-electron chi connectivity index (χ2n) is 4.58. The van der Waals surface area contributed by atoms with Gasteiger partial charge in [0.15, 0.2) is 5.69 Å². The van der Waals surface area contributed by atoms with E-state index in [9.17, 15) is 4.79 Å². The zero-order valence-electron chi connectivity index (χ0n) is 12.1. The van der Waals surface area contributed by atoms with Gasteiger partial charge in [-0.3, -0.25) is 0 Å². The Kier molecular flexibility index (Phi) is 3.96. The summed E-state index contributed by atoms with van der Waals surface area (Å²) < 4.78 is 6.86. The molecule has 0 saturated carbocycles. The van der Waals surface area contributed by atoms with E-state index in [1.54, 1.807) is 30.1 Å². The summed E-state index contributed by atoms with van der Waals surface area (Å²) in [5.74, 6) is -0.432. The normalized spacial score (nSPS) is 10.4. The lowest BCUT2D eigenvalue weighted by Crippen LogP contribution is -2.10. The third-order valence-corrected chi connectivity index (χ3v) is 3.20. The van der Waals surface area contributed by atoms with Crippen LogP contribution in [-0.4, -0.2) is 27.3 Å². The van der Waals surface area contributed by atoms with Crippen LogP contribution in [0.5, 0.6) is 0 Å². The van der Waals surface area contributed by atoms with Crippen molar-refractivity contribution < 1.29 is 9.53 Å². The Morgan fingerprint density at radius 3 is 2.68 bits per heavy atom. The predicted molar refractivity (Wildman–Crippen MR) is 82.8 cm³/mol. The van der Waals surface area contributed by atoms with Gasteiger partial charge in [-0.05, 0) is 37.3 Å². The summed E-state index contributed by atoms with van der Waals surface area (Å²) in [5.41, 5.74) is 2.70. The molecule has 0 radical (unpaired) electrons. The van der Waals surface area contributed by atoms with Crippen molar-refractivity contribution >= 4 is 5.97 Å². The van der Waals surface area contributed by atoms with Crippen LogP contribution in [-0.2, 0) is 4.74 Å². The molecular weight excluding hydrogens is 278 g/mol. The highest BCUT2D eigenvalue weighted by Gasteiger charge is 2.18. The van der Waals surface area contributed by atoms with Gasteiger partial charge in [-0.15, -0.1) is 0 Å². The third kappa shape index (κ3) is 2.61. The van der Waals surface area contributed by atoms with Crippen LogP contribution in [0.3, 0.4) is 0 Å². The number of ether oxygens (including phenoxy) is 1. The number of para-hydroxylation sites is 1. The minimum Gasteiger partial charge on any atom is -0.461 e. The molecule has 22 heavy (non-hydrogen) atoms. The van der Waals surface area contributed by atoms with Gasteiger partial charge in [0, 0.05) is 11.8 Å². The SMILES string of the molecule is CCOC(=O)c1ncccc1-c1ccnn1-c1ccccc1. The van der Waals surface area contributed by atoms with E-state index in [0.29, 0.717) is 17.9 Å². The maximum Gasteiger partial charge on any atom is 0.357 e. The van der Waals surface area contributed by atoms with Crippen molar-refractivity contribution in [3.63, 3.8) is 0 Å². The second-order valence-corrected chi connectivity index (χ2v) is 4.58. The highest BCUT2D eigenvalue weighted by molar-refractivity contribution is 5.94. The quantitative estimate of drug-likeness (QED) is 0.694. The van der Waals surface area contributed by atoms with Crippen LogP contribution in [0, 0.1) is 0 Å². The summed E-state index contributed by atoms with van der Waals surface area (Å²) in [6.07, 6.45) is 3.28. The van der Waals surface area contributed by atoms with Gasteiger partial charge in [-0.2, -0.15) is 5.10 Å². The molecule has 0 aliphatic heterocycles. The monoisotopic (exact) mass is 293 g/mol. The van der Waals surface area contributed by atoms with Crippen molar-refractivity contribution in [1.29, 1.82) is 0 Å². The molecule has 0 amide bonds. The molecule has 0 N–H and O–H groups in total. The van der Waals surface area contributed by atoms with Crippen LogP contribution in [0.25, 0.3) is 16.9 Å². The Labute approximate surface area is 128 Å². The number of hydrogen-bond donors (Lipinski definition) is 0. The third-order valence-electron chi connectivity index (χ3n) is 3.20. The van der Waals surface area contributed by atoms with E-state index >= 15 is 0 Å². The van der Waals surface area contributed by atoms with Crippen molar-refractivity contribution in [2.75, 3.05) is 6.61 Å². The highest BCUT2D eigenvalue weighted by atomic mass is 16.5. The molecule has 0 unspecified atom stereocenters. The van der Waals surface area contributed by atoms with E-state index < -0.39 is 5.97 Å². The van der Waals surface area contributed by atoms with Crippen molar-refractivity contribution in [2.45, 2.75) is 6.92 Å². The molecule has 5 nitrogen and oxygen atoms in total. The fraction of sp³-hybridized carbons (Fsp3) is 0.118. The molecule has 3 rings (SSSR count). The molecule has 5 heteroatoms. The van der Waals surface area contributed by atoms with Crippen LogP contribution in [0.1, 0.15) is 17.4 Å². The Bertz CT molecular complexity index is 781. The van der Waals surface area contributed by atoms with Crippen LogP contribution in [0.15, 0.2) is 60.9 Å². The Hall–Kier alpha value is -2.95. The minimum atomic E-state index is -0.432. The molecule has 110 valence electrons. The van der Waals surface area contributed by atoms with Gasteiger partial charge in [0.25, 0.3) is 0 Å². The Morgan fingerprint density at radius 1 is 1.09 bits per heavy atom. The van der Waals surface area contributed by atoms with E-state index in [1.165, 1.54) is 0 Å². The van der Waals surface area contributed by atoms with Crippen LogP contribution < -0.4 is 0 Å². The molecule has 2 heterocycles. The summed E-state index contributed by atoms with van der Waals surface area (Å²) in [4.78, 5) is 16.3. The lowest BCUT2D eigenvalue weighted by Gasteiger charge is -2.10. The summed E-state index contributed by atoms with van der Waals surface area (Å²) in [6, 6.07) is 15.2. The Morgan fingerprint density at radius 2 is 1.91 bits per heavy atom. The maximum atomic E-state index is 12.1. The first-order valence-electron chi connectivity index (χ1n) is 7.03. The summed E-state index contributed by atoms with van der Waals surface area (Å²) in [6.45, 7) is 2.08. The van der Waals surface area contributed by atoms with Crippen molar-refractivity contribution in [1.82, 2.24) is 14.8 Å². The van der Waals surface area contributed by atoms with Gasteiger partial charge >= 0.3 is 5.97 Å². The molecule has 0 aliphatic carbocycles. The summed E-state index contributed by atoms with van der Waals surface area (Å²) >= 11 is 0. The molecule has 0 saturated heterocycles. The topological polar surface area (TPSA) is 57.0 Å². The number of esters is 1. The molecule has 0 spiro atoms. The molecule has 2 aromatic heterocycles. The lowest BCUT2D eigenvalue weighted by atomic mass is 10.1. The zero-order chi connectivity index (χ0) is 15.4.